The van der Waals surface area contributed by atoms with E-state index in [2.05, 4.69) is 33.6 Å². The van der Waals surface area contributed by atoms with E-state index in [0.717, 1.165) is 34.8 Å². The van der Waals surface area contributed by atoms with E-state index in [-0.39, 0.29) is 5.97 Å². The van der Waals surface area contributed by atoms with Crippen LogP contribution >= 0.6 is 0 Å². The molecule has 0 aromatic rings. The molecule has 3 heteroatoms. The van der Waals surface area contributed by atoms with Gasteiger partial charge in [0.05, 0.1) is 6.61 Å². The molecule has 0 unspecified atom stereocenters. The van der Waals surface area contributed by atoms with Gasteiger partial charge in [-0.1, -0.05) is 23.8 Å². The summed E-state index contributed by atoms with van der Waals surface area (Å²) in [6.45, 7) is 17.8. The highest BCUT2D eigenvalue weighted by atomic mass is 28.2. The average Bonchev–Trinajstić information content (AvgIpc) is 2.26. The van der Waals surface area contributed by atoms with Crippen LogP contribution in [-0.4, -0.2) is 22.1 Å². The molecule has 0 atom stereocenters. The van der Waals surface area contributed by atoms with Crippen molar-refractivity contribution in [3.63, 3.8) is 0 Å². The number of ether oxygens (including phenoxy) is 1. The molecule has 0 bridgehead atoms. The molecule has 0 fully saturated rings. The van der Waals surface area contributed by atoms with Crippen LogP contribution in [0.25, 0.3) is 0 Å². The number of carbonyl (C=O) groups is 1. The van der Waals surface area contributed by atoms with Crippen molar-refractivity contribution in [2.75, 3.05) is 6.61 Å². The van der Waals surface area contributed by atoms with Crippen molar-refractivity contribution >= 4 is 15.5 Å². The van der Waals surface area contributed by atoms with Crippen molar-refractivity contribution in [2.45, 2.75) is 51.6 Å². The summed E-state index contributed by atoms with van der Waals surface area (Å²) in [6.07, 6.45) is 3.05. The average molecular weight is 278 g/mol. The summed E-state index contributed by atoms with van der Waals surface area (Å²) in [7, 11) is 0.871. The van der Waals surface area contributed by atoms with Gasteiger partial charge in [0.1, 0.15) is 0 Å². The Bertz CT molecular complexity index is 329. The highest BCUT2D eigenvalue weighted by molar-refractivity contribution is 6.37. The van der Waals surface area contributed by atoms with E-state index in [1.165, 1.54) is 11.1 Å². The molecule has 0 heterocycles. The summed E-state index contributed by atoms with van der Waals surface area (Å²) in [5.41, 5.74) is 3.57. The first kappa shape index (κ1) is 17.9. The Hall–Kier alpha value is -1.09. The smallest absolute Gasteiger partial charge is 0.333 e. The maximum Gasteiger partial charge on any atom is 0.333 e. The molecular formula is C16H26O2Si. The largest absolute Gasteiger partial charge is 0.462 e. The number of hydrogen-bond acceptors (Lipinski definition) is 2. The van der Waals surface area contributed by atoms with E-state index < -0.39 is 0 Å². The molecular weight excluding hydrogens is 252 g/mol. The summed E-state index contributed by atoms with van der Waals surface area (Å²) in [6, 6.07) is 1.09. The zero-order chi connectivity index (χ0) is 14.8. The molecule has 0 aromatic carbocycles. The Labute approximate surface area is 120 Å². The first-order valence-corrected chi connectivity index (χ1v) is 7.96. The van der Waals surface area contributed by atoms with Gasteiger partial charge in [-0.3, -0.25) is 0 Å². The highest BCUT2D eigenvalue weighted by Crippen LogP contribution is 2.24. The maximum atomic E-state index is 11.2. The molecule has 0 aliphatic rings. The molecule has 2 nitrogen and oxygen atoms in total. The molecule has 0 aliphatic heterocycles. The second-order valence-corrected chi connectivity index (χ2v) is 6.97. The fourth-order valence-electron chi connectivity index (χ4n) is 1.72. The minimum atomic E-state index is -0.288. The molecule has 0 rings (SSSR count). The van der Waals surface area contributed by atoms with Crippen LogP contribution in [0, 0.1) is 0 Å². The molecule has 19 heavy (non-hydrogen) atoms. The minimum Gasteiger partial charge on any atom is -0.462 e. The molecule has 106 valence electrons. The van der Waals surface area contributed by atoms with Gasteiger partial charge in [-0.25, -0.2) is 4.79 Å². The van der Waals surface area contributed by atoms with Crippen molar-refractivity contribution < 1.29 is 9.53 Å². The van der Waals surface area contributed by atoms with Gasteiger partial charge >= 0.3 is 5.97 Å². The van der Waals surface area contributed by atoms with E-state index in [1.54, 1.807) is 6.92 Å². The topological polar surface area (TPSA) is 26.3 Å². The lowest BCUT2D eigenvalue weighted by Crippen LogP contribution is -2.09. The monoisotopic (exact) mass is 278 g/mol. The number of carbonyl (C=O) groups excluding carboxylic acids is 1. The molecule has 0 aliphatic carbocycles. The third kappa shape index (κ3) is 10.5. The standard InChI is InChI=1S/C16H26O2Si/c1-12(2)10-15(11-13(3)4)19-9-7-8-18-16(17)14(5)6/h15H,1,3,5,7-11H2,2,4,6H3. The van der Waals surface area contributed by atoms with Crippen LogP contribution in [0.15, 0.2) is 36.5 Å². The highest BCUT2D eigenvalue weighted by Gasteiger charge is 2.10. The van der Waals surface area contributed by atoms with Crippen molar-refractivity contribution in [3.05, 3.63) is 36.5 Å². The number of hydrogen-bond donors (Lipinski definition) is 0. The van der Waals surface area contributed by atoms with Crippen LogP contribution in [0.4, 0.5) is 0 Å². The first-order valence-electron chi connectivity index (χ1n) is 6.67. The van der Waals surface area contributed by atoms with Crippen LogP contribution in [0.2, 0.25) is 11.6 Å². The van der Waals surface area contributed by atoms with Crippen LogP contribution in [0.3, 0.4) is 0 Å². The Balaban J connectivity index is 3.86. The molecule has 0 spiro atoms. The van der Waals surface area contributed by atoms with Crippen LogP contribution in [0.5, 0.6) is 0 Å². The first-order chi connectivity index (χ1) is 8.82. The molecule has 0 aromatic heterocycles. The van der Waals surface area contributed by atoms with Gasteiger partial charge < -0.3 is 4.74 Å². The van der Waals surface area contributed by atoms with E-state index in [1.807, 2.05) is 0 Å². The summed E-state index contributed by atoms with van der Waals surface area (Å²) in [5.74, 6) is -0.288. The van der Waals surface area contributed by atoms with Gasteiger partial charge in [-0.05, 0) is 45.6 Å². The van der Waals surface area contributed by atoms with Crippen molar-refractivity contribution in [1.29, 1.82) is 0 Å². The summed E-state index contributed by atoms with van der Waals surface area (Å²) < 4.78 is 5.08. The zero-order valence-corrected chi connectivity index (χ0v) is 13.6. The number of esters is 1. The fourth-order valence-corrected chi connectivity index (χ4v) is 3.47. The Morgan fingerprint density at radius 1 is 1.11 bits per heavy atom. The molecule has 0 N–H and O–H groups in total. The summed E-state index contributed by atoms with van der Waals surface area (Å²) in [4.78, 5) is 11.2. The van der Waals surface area contributed by atoms with E-state index >= 15 is 0 Å². The number of rotatable bonds is 10. The molecule has 0 saturated carbocycles. The maximum absolute atomic E-state index is 11.2. The predicted molar refractivity (Wildman–Crippen MR) is 83.6 cm³/mol. The van der Waals surface area contributed by atoms with Gasteiger partial charge in [0.2, 0.25) is 0 Å². The van der Waals surface area contributed by atoms with E-state index in [4.69, 9.17) is 4.74 Å². The van der Waals surface area contributed by atoms with Crippen LogP contribution in [-0.2, 0) is 9.53 Å². The Kier molecular flexibility index (Phi) is 9.22. The van der Waals surface area contributed by atoms with Crippen molar-refractivity contribution in [2.24, 2.45) is 0 Å². The summed E-state index contributed by atoms with van der Waals surface area (Å²) >= 11 is 0. The Morgan fingerprint density at radius 3 is 2.05 bits per heavy atom. The van der Waals surface area contributed by atoms with Gasteiger partial charge in [-0.15, -0.1) is 13.2 Å². The minimum absolute atomic E-state index is 0.288. The van der Waals surface area contributed by atoms with Crippen molar-refractivity contribution in [3.8, 4) is 0 Å². The zero-order valence-electron chi connectivity index (χ0n) is 12.6. The van der Waals surface area contributed by atoms with Gasteiger partial charge in [-0.2, -0.15) is 0 Å². The van der Waals surface area contributed by atoms with Gasteiger partial charge in [0, 0.05) is 15.1 Å². The lowest BCUT2D eigenvalue weighted by atomic mass is 10.1. The lowest BCUT2D eigenvalue weighted by molar-refractivity contribution is -0.138. The van der Waals surface area contributed by atoms with Crippen LogP contribution in [0.1, 0.15) is 40.0 Å². The van der Waals surface area contributed by atoms with E-state index in [9.17, 15) is 4.79 Å². The molecule has 0 amide bonds. The summed E-state index contributed by atoms with van der Waals surface area (Å²) in [5, 5.41) is 0. The third-order valence-electron chi connectivity index (χ3n) is 2.53. The number of allylic oxidation sites excluding steroid dienone is 2. The molecule has 0 saturated heterocycles. The third-order valence-corrected chi connectivity index (χ3v) is 4.15. The lowest BCUT2D eigenvalue weighted by Gasteiger charge is -2.16. The quantitative estimate of drug-likeness (QED) is 0.195. The molecule has 2 radical (unpaired) electrons. The van der Waals surface area contributed by atoms with Gasteiger partial charge in [0.15, 0.2) is 0 Å². The second-order valence-electron chi connectivity index (χ2n) is 5.24. The Morgan fingerprint density at radius 2 is 1.63 bits per heavy atom. The second kappa shape index (κ2) is 9.79. The predicted octanol–water partition coefficient (Wildman–Crippen LogP) is 4.34. The normalized spacial score (nSPS) is 10.3. The van der Waals surface area contributed by atoms with E-state index in [0.29, 0.717) is 17.7 Å². The van der Waals surface area contributed by atoms with Crippen LogP contribution < -0.4 is 0 Å². The van der Waals surface area contributed by atoms with Crippen molar-refractivity contribution in [1.82, 2.24) is 0 Å². The van der Waals surface area contributed by atoms with Gasteiger partial charge in [0.25, 0.3) is 0 Å². The fraction of sp³-hybridized carbons (Fsp3) is 0.562. The SMILES string of the molecule is C=C(C)CC(CC(=C)C)[Si]CCCOC(=O)C(=C)C.